The van der Waals surface area contributed by atoms with Crippen molar-refractivity contribution in [3.63, 3.8) is 0 Å². The second-order valence-electron chi connectivity index (χ2n) is 8.74. The minimum Gasteiger partial charge on any atom is -0.318 e. The predicted octanol–water partition coefficient (Wildman–Crippen LogP) is 6.16. The quantitative estimate of drug-likeness (QED) is 0.191. The van der Waals surface area contributed by atoms with Crippen LogP contribution in [0.4, 0.5) is 5.69 Å². The number of sulfonamides is 1. The second-order valence-corrected chi connectivity index (χ2v) is 12.0. The van der Waals surface area contributed by atoms with Crippen molar-refractivity contribution in [2.75, 3.05) is 10.8 Å². The van der Waals surface area contributed by atoms with Crippen LogP contribution in [0.5, 0.6) is 0 Å². The van der Waals surface area contributed by atoms with Gasteiger partial charge in [-0.1, -0.05) is 51.3 Å². The number of anilines is 1. The highest BCUT2D eigenvalue weighted by Crippen LogP contribution is 2.26. The van der Waals surface area contributed by atoms with Crippen LogP contribution in [0.3, 0.4) is 0 Å². The number of aromatic nitrogens is 1. The highest BCUT2D eigenvalue weighted by Gasteiger charge is 2.27. The fourth-order valence-corrected chi connectivity index (χ4v) is 5.89. The summed E-state index contributed by atoms with van der Waals surface area (Å²) in [5, 5.41) is 4.46. The molecule has 196 valence electrons. The lowest BCUT2D eigenvalue weighted by atomic mass is 10.2. The Morgan fingerprint density at radius 3 is 2.37 bits per heavy atom. The molecule has 4 aromatic rings. The third-order valence-electron chi connectivity index (χ3n) is 5.94. The number of hydrogen-bond donors (Lipinski definition) is 1. The number of nitrogens with zero attached hydrogens (tertiary/aromatic N) is 3. The Morgan fingerprint density at radius 1 is 1.03 bits per heavy atom. The van der Waals surface area contributed by atoms with Gasteiger partial charge in [0.15, 0.2) is 0 Å². The standard InChI is InChI=1S/C28H26BrClN4O3S/c1-19-7-13-27(14-8-19)38(36,37)33(26-6-4-5-24(30)16-26)18-28(35)32-31-17-22-15-20(2)34(21(22)3)25-11-9-23(29)10-12-25/h4-17H,18H2,1-3H3,(H,32,35)/b31-17-. The first-order chi connectivity index (χ1) is 18.1. The Hall–Kier alpha value is -3.40. The largest absolute Gasteiger partial charge is 0.318 e. The van der Waals surface area contributed by atoms with E-state index in [-0.39, 0.29) is 10.6 Å². The lowest BCUT2D eigenvalue weighted by Gasteiger charge is -2.24. The van der Waals surface area contributed by atoms with Gasteiger partial charge in [-0.2, -0.15) is 5.10 Å². The average molecular weight is 614 g/mol. The second kappa shape index (κ2) is 11.6. The summed E-state index contributed by atoms with van der Waals surface area (Å²) in [5.74, 6) is -0.598. The molecule has 0 saturated carbocycles. The van der Waals surface area contributed by atoms with Crippen LogP contribution in [0.2, 0.25) is 5.02 Å². The highest BCUT2D eigenvalue weighted by molar-refractivity contribution is 9.10. The van der Waals surface area contributed by atoms with Crippen LogP contribution in [0.25, 0.3) is 5.69 Å². The third kappa shape index (κ3) is 6.18. The van der Waals surface area contributed by atoms with Crippen molar-refractivity contribution in [1.29, 1.82) is 0 Å². The highest BCUT2D eigenvalue weighted by atomic mass is 79.9. The van der Waals surface area contributed by atoms with Crippen LogP contribution in [0.15, 0.2) is 93.3 Å². The summed E-state index contributed by atoms with van der Waals surface area (Å²) >= 11 is 9.58. The zero-order chi connectivity index (χ0) is 27.4. The number of carbonyl (C=O) groups excluding carboxylic acids is 1. The van der Waals surface area contributed by atoms with Crippen LogP contribution in [0, 0.1) is 20.8 Å². The fraction of sp³-hybridized carbons (Fsp3) is 0.143. The van der Waals surface area contributed by atoms with Gasteiger partial charge in [-0.05, 0) is 81.4 Å². The zero-order valence-electron chi connectivity index (χ0n) is 21.0. The molecular formula is C28H26BrClN4O3S. The van der Waals surface area contributed by atoms with E-state index in [0.29, 0.717) is 5.02 Å². The van der Waals surface area contributed by atoms with Gasteiger partial charge in [0, 0.05) is 32.1 Å². The molecule has 4 rings (SSSR count). The lowest BCUT2D eigenvalue weighted by molar-refractivity contribution is -0.119. The first-order valence-electron chi connectivity index (χ1n) is 11.7. The summed E-state index contributed by atoms with van der Waals surface area (Å²) in [5.41, 5.74) is 7.44. The number of halogens is 2. The normalized spacial score (nSPS) is 11.6. The maximum absolute atomic E-state index is 13.5. The van der Waals surface area contributed by atoms with E-state index < -0.39 is 22.5 Å². The molecule has 0 atom stereocenters. The van der Waals surface area contributed by atoms with Gasteiger partial charge < -0.3 is 4.57 Å². The first kappa shape index (κ1) is 27.6. The molecule has 0 fully saturated rings. The third-order valence-corrected chi connectivity index (χ3v) is 8.49. The summed E-state index contributed by atoms with van der Waals surface area (Å²) in [7, 11) is -4.05. The Bertz CT molecular complexity index is 1600. The van der Waals surface area contributed by atoms with Crippen LogP contribution in [0.1, 0.15) is 22.5 Å². The van der Waals surface area contributed by atoms with Crippen LogP contribution < -0.4 is 9.73 Å². The molecule has 0 saturated heterocycles. The average Bonchev–Trinajstić information content (AvgIpc) is 3.16. The lowest BCUT2D eigenvalue weighted by Crippen LogP contribution is -2.39. The van der Waals surface area contributed by atoms with Gasteiger partial charge in [0.2, 0.25) is 0 Å². The van der Waals surface area contributed by atoms with Gasteiger partial charge >= 0.3 is 0 Å². The number of hydrazone groups is 1. The molecule has 1 N–H and O–H groups in total. The Balaban J connectivity index is 1.55. The van der Waals surface area contributed by atoms with Gasteiger partial charge in [-0.15, -0.1) is 0 Å². The number of amides is 1. The van der Waals surface area contributed by atoms with E-state index in [2.05, 4.69) is 31.0 Å². The Labute approximate surface area is 235 Å². The van der Waals surface area contributed by atoms with Gasteiger partial charge in [0.05, 0.1) is 16.8 Å². The van der Waals surface area contributed by atoms with E-state index in [1.54, 1.807) is 36.5 Å². The molecule has 7 nitrogen and oxygen atoms in total. The number of aryl methyl sites for hydroxylation is 2. The maximum atomic E-state index is 13.5. The molecule has 0 spiro atoms. The minimum absolute atomic E-state index is 0.0692. The van der Waals surface area contributed by atoms with Crippen molar-refractivity contribution in [3.05, 3.63) is 111 Å². The molecule has 0 radical (unpaired) electrons. The van der Waals surface area contributed by atoms with E-state index >= 15 is 0 Å². The number of rotatable bonds is 8. The molecule has 0 aliphatic carbocycles. The Morgan fingerprint density at radius 2 is 1.71 bits per heavy atom. The van der Waals surface area contributed by atoms with Gasteiger partial charge in [0.25, 0.3) is 15.9 Å². The van der Waals surface area contributed by atoms with Crippen LogP contribution in [-0.2, 0) is 14.8 Å². The summed E-state index contributed by atoms with van der Waals surface area (Å²) in [6.07, 6.45) is 1.55. The summed E-state index contributed by atoms with van der Waals surface area (Å²) in [4.78, 5) is 12.9. The summed E-state index contributed by atoms with van der Waals surface area (Å²) in [6, 6.07) is 22.7. The van der Waals surface area contributed by atoms with Crippen LogP contribution in [-0.4, -0.2) is 31.7 Å². The number of carbonyl (C=O) groups is 1. The molecule has 0 unspecified atom stereocenters. The van der Waals surface area contributed by atoms with E-state index in [1.807, 2.05) is 51.1 Å². The topological polar surface area (TPSA) is 83.8 Å². The van der Waals surface area contributed by atoms with Crippen molar-refractivity contribution >= 4 is 55.4 Å². The van der Waals surface area contributed by atoms with Crippen molar-refractivity contribution in [1.82, 2.24) is 9.99 Å². The molecule has 10 heteroatoms. The first-order valence-corrected chi connectivity index (χ1v) is 14.3. The predicted molar refractivity (Wildman–Crippen MR) is 156 cm³/mol. The van der Waals surface area contributed by atoms with E-state index in [0.717, 1.165) is 37.0 Å². The summed E-state index contributed by atoms with van der Waals surface area (Å²) in [6.45, 7) is 5.34. The minimum atomic E-state index is -4.05. The Kier molecular flexibility index (Phi) is 8.40. The molecule has 1 aromatic heterocycles. The molecule has 1 amide bonds. The summed E-state index contributed by atoms with van der Waals surface area (Å²) < 4.78 is 31.1. The van der Waals surface area contributed by atoms with Gasteiger partial charge in [-0.3, -0.25) is 9.10 Å². The van der Waals surface area contributed by atoms with Crippen molar-refractivity contribution < 1.29 is 13.2 Å². The van der Waals surface area contributed by atoms with Crippen molar-refractivity contribution in [3.8, 4) is 5.69 Å². The fourth-order valence-electron chi connectivity index (χ4n) is 4.03. The van der Waals surface area contributed by atoms with Crippen LogP contribution >= 0.6 is 27.5 Å². The molecule has 0 aliphatic heterocycles. The van der Waals surface area contributed by atoms with Crippen molar-refractivity contribution in [2.45, 2.75) is 25.7 Å². The van der Waals surface area contributed by atoms with Gasteiger partial charge in [0.1, 0.15) is 6.54 Å². The van der Waals surface area contributed by atoms with Gasteiger partial charge in [-0.25, -0.2) is 13.8 Å². The number of benzene rings is 3. The van der Waals surface area contributed by atoms with E-state index in [1.165, 1.54) is 18.2 Å². The SMILES string of the molecule is Cc1ccc(S(=O)(=O)N(CC(=O)N/N=C\c2cc(C)n(-c3ccc(Br)cc3)c2C)c2cccc(Cl)c2)cc1. The zero-order valence-corrected chi connectivity index (χ0v) is 24.2. The molecule has 38 heavy (non-hydrogen) atoms. The van der Waals surface area contributed by atoms with E-state index in [4.69, 9.17) is 11.6 Å². The number of nitrogens with one attached hydrogen (secondary N) is 1. The molecule has 1 heterocycles. The van der Waals surface area contributed by atoms with Crippen molar-refractivity contribution in [2.24, 2.45) is 5.10 Å². The monoisotopic (exact) mass is 612 g/mol. The van der Waals surface area contributed by atoms with E-state index in [9.17, 15) is 13.2 Å². The maximum Gasteiger partial charge on any atom is 0.264 e. The molecule has 0 bridgehead atoms. The molecule has 0 aliphatic rings. The smallest absolute Gasteiger partial charge is 0.264 e. The number of hydrogen-bond acceptors (Lipinski definition) is 4. The molecule has 3 aromatic carbocycles. The molecular weight excluding hydrogens is 588 g/mol.